The Hall–Kier alpha value is -10.8. The van der Waals surface area contributed by atoms with Crippen LogP contribution in [0.15, 0.2) is 127 Å². The van der Waals surface area contributed by atoms with Crippen molar-refractivity contribution in [1.29, 1.82) is 0 Å². The predicted octanol–water partition coefficient (Wildman–Crippen LogP) is 17.3. The second kappa shape index (κ2) is 26.5. The van der Waals surface area contributed by atoms with Gasteiger partial charge in [0.05, 0.1) is 59.2 Å². The smallest absolute Gasteiger partial charge is 0.356 e. The van der Waals surface area contributed by atoms with Crippen molar-refractivity contribution in [3.63, 3.8) is 0 Å². The third kappa shape index (κ3) is 11.0. The normalized spacial score (nSPS) is 15.5. The number of aromatic nitrogens is 3. The first kappa shape index (κ1) is 71.6. The highest BCUT2D eigenvalue weighted by molar-refractivity contribution is 6.32. The van der Waals surface area contributed by atoms with Gasteiger partial charge < -0.3 is 30.9 Å². The Bertz CT molecular complexity index is 5750. The lowest BCUT2D eigenvalue weighted by molar-refractivity contribution is -0.138. The number of primary amides is 1. The minimum absolute atomic E-state index is 0.161. The van der Waals surface area contributed by atoms with Crippen LogP contribution in [0.5, 0.6) is 23.0 Å². The van der Waals surface area contributed by atoms with Crippen LogP contribution in [0, 0.1) is 73.2 Å². The lowest BCUT2D eigenvalue weighted by Crippen LogP contribution is -2.58. The molecule has 8 aromatic carbocycles. The molecule has 0 spiro atoms. The molecule has 6 N–H and O–H groups in total. The summed E-state index contributed by atoms with van der Waals surface area (Å²) < 4.78 is 140. The molecule has 3 aromatic heterocycles. The highest BCUT2D eigenvalue weighted by atomic mass is 35.5. The molecule has 1 aliphatic carbocycles. The number of halogens is 12. The number of hydrogen-bond donors (Lipinski definition) is 5. The lowest BCUT2D eigenvalue weighted by atomic mass is 9.83. The minimum Gasteiger partial charge on any atom is -0.505 e. The maximum Gasteiger partial charge on any atom is 0.356 e. The fraction of sp³-hybridized carbons (Fsp3) is 0.160. The van der Waals surface area contributed by atoms with E-state index in [0.717, 1.165) is 121 Å². The van der Waals surface area contributed by atoms with E-state index in [9.17, 15) is 34.8 Å². The summed E-state index contributed by atoms with van der Waals surface area (Å²) in [6, 6.07) is 15.3. The van der Waals surface area contributed by atoms with E-state index < -0.39 is 243 Å². The Balaban J connectivity index is 1.14. The third-order valence-electron chi connectivity index (χ3n) is 19.7. The quantitative estimate of drug-likeness (QED) is 0.0295. The van der Waals surface area contributed by atoms with Crippen molar-refractivity contribution in [3.05, 3.63) is 255 Å². The van der Waals surface area contributed by atoms with Crippen molar-refractivity contribution < 1.29 is 93.8 Å². The first-order chi connectivity index (χ1) is 49.3. The fourth-order valence-corrected chi connectivity index (χ4v) is 15.6. The number of esters is 1. The average molecular weight is 1510 g/mol. The summed E-state index contributed by atoms with van der Waals surface area (Å²) in [4.78, 5) is 108. The summed E-state index contributed by atoms with van der Waals surface area (Å²) >= 11 is 24.2. The van der Waals surface area contributed by atoms with Gasteiger partial charge in [-0.3, -0.25) is 42.5 Å². The number of carboxylic acid groups (broad SMARTS) is 1. The van der Waals surface area contributed by atoms with Gasteiger partial charge >= 0.3 is 17.8 Å². The van der Waals surface area contributed by atoms with Crippen molar-refractivity contribution in [2.75, 3.05) is 0 Å². The molecular weight excluding hydrogens is 1460 g/mol. The molecule has 1 aliphatic heterocycles. The second-order valence-corrected chi connectivity index (χ2v) is 26.8. The minimum atomic E-state index is -2.76. The number of carbonyl (C=O) groups is 7. The molecule has 29 heteroatoms. The number of aliphatic carboxylic acids is 1. The topological polar surface area (TPSA) is 250 Å². The molecule has 104 heavy (non-hydrogen) atoms. The van der Waals surface area contributed by atoms with Gasteiger partial charge in [-0.15, -0.1) is 0 Å². The third-order valence-corrected chi connectivity index (χ3v) is 20.9. The molecule has 0 radical (unpaired) electrons. The highest BCUT2D eigenvalue weighted by Gasteiger charge is 2.62. The zero-order valence-electron chi connectivity index (χ0n) is 54.1. The van der Waals surface area contributed by atoms with Crippen molar-refractivity contribution >= 4 is 132 Å². The molecule has 4 heterocycles. The van der Waals surface area contributed by atoms with E-state index in [-0.39, 0.29) is 40.2 Å². The number of aromatic hydroxyl groups is 3. The Morgan fingerprint density at radius 1 is 0.500 bits per heavy atom. The molecule has 4 unspecified atom stereocenters. The van der Waals surface area contributed by atoms with E-state index in [1.807, 2.05) is 0 Å². The number of benzene rings is 8. The molecule has 11 aromatic rings. The number of hydrogen-bond acceptors (Lipinski definition) is 11. The first-order valence-electron chi connectivity index (χ1n) is 31.5. The number of nitrogens with two attached hydrogens (primary N) is 1. The summed E-state index contributed by atoms with van der Waals surface area (Å²) in [5.41, 5.74) is -3.98. The summed E-state index contributed by atoms with van der Waals surface area (Å²) in [5, 5.41) is 41.4. The van der Waals surface area contributed by atoms with E-state index in [1.165, 1.54) is 13.0 Å². The molecule has 17 nitrogen and oxygen atoms in total. The molecule has 2 aliphatic rings. The largest absolute Gasteiger partial charge is 0.505 e. The predicted molar refractivity (Wildman–Crippen MR) is 367 cm³/mol. The second-order valence-electron chi connectivity index (χ2n) is 25.1. The van der Waals surface area contributed by atoms with Gasteiger partial charge in [-0.2, -0.15) is 4.48 Å². The molecule has 0 bridgehead atoms. The maximum atomic E-state index is 19.7. The summed E-state index contributed by atoms with van der Waals surface area (Å²) in [5.74, 6) is -31.1. The number of carbonyl (C=O) groups excluding carboxylic acids is 6. The van der Waals surface area contributed by atoms with Gasteiger partial charge in [-0.25, -0.2) is 39.9 Å². The number of amides is 2. The number of ether oxygens (including phenoxy) is 1. The van der Waals surface area contributed by atoms with E-state index in [4.69, 9.17) is 56.9 Å². The highest BCUT2D eigenvalue weighted by Crippen LogP contribution is 2.60. The van der Waals surface area contributed by atoms with Gasteiger partial charge in [0, 0.05) is 74.1 Å². The van der Waals surface area contributed by atoms with Crippen LogP contribution in [0.25, 0.3) is 38.3 Å². The van der Waals surface area contributed by atoms with Gasteiger partial charge in [0.2, 0.25) is 6.04 Å². The number of fused-ring (bicyclic) bond motifs is 4. The van der Waals surface area contributed by atoms with Crippen molar-refractivity contribution in [2.24, 2.45) is 11.7 Å². The van der Waals surface area contributed by atoms with Gasteiger partial charge in [0.25, 0.3) is 23.6 Å². The van der Waals surface area contributed by atoms with Crippen LogP contribution in [0.2, 0.25) is 20.1 Å². The summed E-state index contributed by atoms with van der Waals surface area (Å²) in [7, 11) is 0. The van der Waals surface area contributed by atoms with Crippen LogP contribution in [0.3, 0.4) is 0 Å². The molecule has 13 rings (SSSR count). The Morgan fingerprint density at radius 2 is 0.875 bits per heavy atom. The van der Waals surface area contributed by atoms with Crippen molar-refractivity contribution in [1.82, 2.24) is 18.2 Å². The van der Waals surface area contributed by atoms with Crippen LogP contribution in [0.1, 0.15) is 131 Å². The molecule has 2 amide bonds. The standard InChI is InChI=1S/C75H49Cl4F8N5O12/c1-29-54(59-46(17-21-50(93)64(59)84)89(29)70(97)34-9-13-38(76)42(80)25-34)58(33-7-5-6-8-33)75(103)104-53-24-20-49-62(67(53)87)57(63(74(101)102)55-30(2)90(47-18-22-51(94)65(85)60(47)55)71(98)35-10-14-39(77)43(81)26-35)32(4)92(49,73(100)37-12-16-41(79)45(83)28-37)68(69(88)96)56-31(3)91(48-19-23-52(95)66(86)61(48)56)72(99)36-11-15-40(78)44(82)27-36/h9-28,33,58,63,68H,5-8H2,1-4H3,(H5-,88,93,94,95,96,101,102)/p+1. The van der Waals surface area contributed by atoms with Gasteiger partial charge in [-0.05, 0) is 160 Å². The zero-order chi connectivity index (χ0) is 75.0. The van der Waals surface area contributed by atoms with Crippen LogP contribution in [0.4, 0.5) is 40.8 Å². The molecular formula is C75H50Cl4F8N5O12+. The fourth-order valence-electron chi connectivity index (χ4n) is 15.1. The van der Waals surface area contributed by atoms with Gasteiger partial charge in [-0.1, -0.05) is 59.2 Å². The number of rotatable bonds is 14. The van der Waals surface area contributed by atoms with E-state index >= 15 is 54.3 Å². The first-order valence-corrected chi connectivity index (χ1v) is 33.0. The van der Waals surface area contributed by atoms with Gasteiger partial charge in [0.15, 0.2) is 52.0 Å². The van der Waals surface area contributed by atoms with E-state index in [1.54, 1.807) is 0 Å². The lowest BCUT2D eigenvalue weighted by Gasteiger charge is -2.39. The maximum absolute atomic E-state index is 19.7. The van der Waals surface area contributed by atoms with Crippen LogP contribution in [-0.4, -0.2) is 75.6 Å². The molecule has 1 fully saturated rings. The molecule has 4 atom stereocenters. The molecule has 0 saturated heterocycles. The van der Waals surface area contributed by atoms with Crippen LogP contribution < -0.4 is 15.0 Å². The Morgan fingerprint density at radius 3 is 1.28 bits per heavy atom. The van der Waals surface area contributed by atoms with Crippen molar-refractivity contribution in [3.8, 4) is 23.0 Å². The Kier molecular flexibility index (Phi) is 18.2. The summed E-state index contributed by atoms with van der Waals surface area (Å²) in [6.45, 7) is 4.41. The number of phenolic OH excluding ortho intramolecular Hbond substituents is 3. The number of allylic oxidation sites excluding steroid dienone is 1. The Labute approximate surface area is 601 Å². The van der Waals surface area contributed by atoms with E-state index in [0.29, 0.717) is 41.7 Å². The van der Waals surface area contributed by atoms with Crippen molar-refractivity contribution in [2.45, 2.75) is 71.3 Å². The van der Waals surface area contributed by atoms with E-state index in [2.05, 4.69) is 0 Å². The monoisotopic (exact) mass is 1500 g/mol. The number of nitrogens with zero attached hydrogens (tertiary/aromatic N) is 4. The molecule has 530 valence electrons. The SMILES string of the molecule is CC1=C(C(C(=O)O)c2c(C)n(C(=O)c3ccc(Cl)c(F)c3)c3ccc(O)c(F)c23)c2c(ccc(OC(=O)C(c3c(C)n(C(=O)c4ccc(Cl)c(F)c4)c4ccc(O)c(F)c34)C3CCCC3)c2F)[N+]1(C(=O)c1ccc(Cl)c(F)c1)C(C(N)=O)c1c(C)n(C(=O)c2ccc(Cl)c(F)c2)c2ccc(O)c(F)c12. The van der Waals surface area contributed by atoms with Crippen LogP contribution >= 0.6 is 46.4 Å². The van der Waals surface area contributed by atoms with Crippen LogP contribution in [-0.2, 0) is 14.4 Å². The number of carboxylic acids is 1. The average Bonchev–Trinajstić information content (AvgIpc) is 1.52. The van der Waals surface area contributed by atoms with Gasteiger partial charge in [0.1, 0.15) is 34.9 Å². The summed E-state index contributed by atoms with van der Waals surface area (Å²) in [6.07, 6.45) is 1.26. The number of quaternary nitrogens is 1. The molecule has 1 saturated carbocycles. The number of phenols is 3. The zero-order valence-corrected chi connectivity index (χ0v) is 57.2.